The third-order valence-corrected chi connectivity index (χ3v) is 7.98. The number of amides is 2. The van der Waals surface area contributed by atoms with Crippen LogP contribution in [-0.2, 0) is 9.59 Å². The van der Waals surface area contributed by atoms with Crippen molar-refractivity contribution in [1.82, 2.24) is 0 Å². The molecule has 1 fully saturated rings. The molecule has 1 aliphatic carbocycles. The first-order chi connectivity index (χ1) is 16.8. The van der Waals surface area contributed by atoms with E-state index in [2.05, 4.69) is 48.5 Å². The van der Waals surface area contributed by atoms with E-state index in [4.69, 9.17) is 0 Å². The normalized spacial score (nSPS) is 23.4. The number of fused-ring (bicyclic) bond motifs is 12. The summed E-state index contributed by atoms with van der Waals surface area (Å²) < 4.78 is 0. The molecule has 2 aliphatic heterocycles. The van der Waals surface area contributed by atoms with Crippen molar-refractivity contribution < 1.29 is 9.59 Å². The fourth-order valence-corrected chi connectivity index (χ4v) is 6.74. The first-order valence-electron chi connectivity index (χ1n) is 11.7. The van der Waals surface area contributed by atoms with Crippen molar-refractivity contribution >= 4 is 35.6 Å². The Labute approximate surface area is 198 Å². The summed E-state index contributed by atoms with van der Waals surface area (Å²) in [6.45, 7) is 0. The van der Waals surface area contributed by atoms with Gasteiger partial charge in [-0.25, -0.2) is 0 Å². The van der Waals surface area contributed by atoms with E-state index in [-0.39, 0.29) is 23.7 Å². The van der Waals surface area contributed by atoms with Gasteiger partial charge in [0.1, 0.15) is 0 Å². The Morgan fingerprint density at radius 3 is 0.882 bits per heavy atom. The number of hydrogen-bond donors (Lipinski definition) is 0. The van der Waals surface area contributed by atoms with Gasteiger partial charge in [-0.1, -0.05) is 72.8 Å². The second-order valence-corrected chi connectivity index (χ2v) is 9.29. The van der Waals surface area contributed by atoms with E-state index in [1.165, 1.54) is 22.3 Å². The number of carbonyl (C=O) groups is 2. The monoisotopic (exact) mass is 442 g/mol. The lowest BCUT2D eigenvalue weighted by molar-refractivity contribution is -0.107. The molecule has 2 heterocycles. The van der Waals surface area contributed by atoms with Crippen LogP contribution in [0.3, 0.4) is 0 Å². The zero-order valence-electron chi connectivity index (χ0n) is 18.4. The van der Waals surface area contributed by atoms with Crippen molar-refractivity contribution in [2.75, 3.05) is 9.80 Å². The van der Waals surface area contributed by atoms with Gasteiger partial charge in [-0.15, -0.1) is 0 Å². The Hall–Kier alpha value is -4.18. The van der Waals surface area contributed by atoms with Gasteiger partial charge >= 0.3 is 0 Å². The fourth-order valence-electron chi connectivity index (χ4n) is 6.74. The van der Waals surface area contributed by atoms with Crippen molar-refractivity contribution in [2.24, 2.45) is 0 Å². The van der Waals surface area contributed by atoms with Crippen LogP contribution in [-0.4, -0.2) is 12.8 Å². The molecule has 4 nitrogen and oxygen atoms in total. The van der Waals surface area contributed by atoms with Crippen molar-refractivity contribution in [1.29, 1.82) is 0 Å². The second kappa shape index (κ2) is 7.16. The van der Waals surface area contributed by atoms with Gasteiger partial charge in [-0.2, -0.15) is 0 Å². The van der Waals surface area contributed by atoms with E-state index in [0.717, 1.165) is 35.6 Å². The SMILES string of the molecule is O=CN1c2ccccc2C2C(c3ccccc31)C1c3ccccc3N(C=O)c3ccccc3C21. The molecule has 164 valence electrons. The highest BCUT2D eigenvalue weighted by atomic mass is 16.1. The van der Waals surface area contributed by atoms with Gasteiger partial charge in [0, 0.05) is 23.7 Å². The molecule has 2 amide bonds. The quantitative estimate of drug-likeness (QED) is 0.339. The summed E-state index contributed by atoms with van der Waals surface area (Å²) in [6.07, 6.45) is 1.88. The van der Waals surface area contributed by atoms with Crippen LogP contribution in [0, 0.1) is 0 Å². The zero-order chi connectivity index (χ0) is 22.8. The molecule has 3 aliphatic rings. The van der Waals surface area contributed by atoms with Crippen molar-refractivity contribution in [2.45, 2.75) is 23.7 Å². The number of carbonyl (C=O) groups excluding carboxylic acids is 2. The van der Waals surface area contributed by atoms with Crippen LogP contribution >= 0.6 is 0 Å². The summed E-state index contributed by atoms with van der Waals surface area (Å²) in [5.74, 6) is 0.752. The standard InChI is InChI=1S/C30H22N2O2/c33-17-31-23-13-5-1-9-19(23)27-28(20-10-2-6-14-24(20)31)30-22-12-4-8-16-26(22)32(18-34)25-15-7-3-11-21(25)29(27)30/h1-18,27-30H. The maximum atomic E-state index is 12.4. The Morgan fingerprint density at radius 2 is 0.647 bits per heavy atom. The molecule has 4 aromatic carbocycles. The highest BCUT2D eigenvalue weighted by molar-refractivity contribution is 5.94. The van der Waals surface area contributed by atoms with E-state index in [9.17, 15) is 9.59 Å². The number of anilines is 4. The fraction of sp³-hybridized carbons (Fsp3) is 0.133. The summed E-state index contributed by atoms with van der Waals surface area (Å²) in [7, 11) is 0. The molecule has 4 heteroatoms. The van der Waals surface area contributed by atoms with Gasteiger partial charge < -0.3 is 0 Å². The molecule has 0 unspecified atom stereocenters. The van der Waals surface area contributed by atoms with Crippen LogP contribution < -0.4 is 9.80 Å². The Morgan fingerprint density at radius 1 is 0.412 bits per heavy atom. The first-order valence-corrected chi connectivity index (χ1v) is 11.7. The van der Waals surface area contributed by atoms with Crippen LogP contribution in [0.2, 0.25) is 0 Å². The van der Waals surface area contributed by atoms with Gasteiger partial charge in [-0.05, 0) is 46.5 Å². The minimum atomic E-state index is 0.188. The lowest BCUT2D eigenvalue weighted by atomic mass is 9.49. The molecule has 0 N–H and O–H groups in total. The van der Waals surface area contributed by atoms with E-state index in [0.29, 0.717) is 0 Å². The van der Waals surface area contributed by atoms with Crippen molar-refractivity contribution in [3.8, 4) is 0 Å². The summed E-state index contributed by atoms with van der Waals surface area (Å²) >= 11 is 0. The Kier molecular flexibility index (Phi) is 4.06. The molecular weight excluding hydrogens is 420 g/mol. The third kappa shape index (κ3) is 2.37. The zero-order valence-corrected chi connectivity index (χ0v) is 18.4. The van der Waals surface area contributed by atoms with Gasteiger partial charge in [-0.3, -0.25) is 19.4 Å². The van der Waals surface area contributed by atoms with Gasteiger partial charge in [0.25, 0.3) is 0 Å². The molecule has 0 radical (unpaired) electrons. The predicted octanol–water partition coefficient (Wildman–Crippen LogP) is 6.35. The van der Waals surface area contributed by atoms with E-state index < -0.39 is 0 Å². The van der Waals surface area contributed by atoms with Crippen LogP contribution in [0.4, 0.5) is 22.7 Å². The topological polar surface area (TPSA) is 40.6 Å². The number of rotatable bonds is 2. The van der Waals surface area contributed by atoms with Gasteiger partial charge in [0.05, 0.1) is 22.7 Å². The first kappa shape index (κ1) is 19.3. The van der Waals surface area contributed by atoms with Gasteiger partial charge in [0.2, 0.25) is 12.8 Å². The average molecular weight is 443 g/mol. The minimum Gasteiger partial charge on any atom is -0.283 e. The third-order valence-electron chi connectivity index (χ3n) is 7.98. The van der Waals surface area contributed by atoms with E-state index >= 15 is 0 Å². The number of benzene rings is 4. The summed E-state index contributed by atoms with van der Waals surface area (Å²) in [4.78, 5) is 28.4. The highest BCUT2D eigenvalue weighted by Crippen LogP contribution is 2.72. The maximum absolute atomic E-state index is 12.4. The van der Waals surface area contributed by atoms with E-state index in [1.807, 2.05) is 48.5 Å². The molecular formula is C30H22N2O2. The molecule has 0 saturated heterocycles. The molecule has 0 aromatic heterocycles. The average Bonchev–Trinajstić information content (AvgIpc) is 3.03. The Bertz CT molecular complexity index is 1240. The molecule has 34 heavy (non-hydrogen) atoms. The van der Waals surface area contributed by atoms with Crippen LogP contribution in [0.25, 0.3) is 0 Å². The molecule has 0 atom stereocenters. The largest absolute Gasteiger partial charge is 0.283 e. The van der Waals surface area contributed by atoms with E-state index in [1.54, 1.807) is 9.80 Å². The van der Waals surface area contributed by atoms with Crippen molar-refractivity contribution in [3.63, 3.8) is 0 Å². The maximum Gasteiger partial charge on any atom is 0.218 e. The Balaban J connectivity index is 1.57. The predicted molar refractivity (Wildman–Crippen MR) is 133 cm³/mol. The molecule has 4 aromatic rings. The summed E-state index contributed by atoms with van der Waals surface area (Å²) in [5.41, 5.74) is 8.51. The summed E-state index contributed by atoms with van der Waals surface area (Å²) in [6, 6.07) is 33.1. The lowest BCUT2D eigenvalue weighted by Gasteiger charge is -2.53. The molecule has 1 saturated carbocycles. The smallest absolute Gasteiger partial charge is 0.218 e. The lowest BCUT2D eigenvalue weighted by Crippen LogP contribution is -2.39. The number of nitrogens with zero attached hydrogens (tertiary/aromatic N) is 2. The van der Waals surface area contributed by atoms with Crippen LogP contribution in [0.1, 0.15) is 45.9 Å². The molecule has 7 rings (SSSR count). The minimum absolute atomic E-state index is 0.188. The van der Waals surface area contributed by atoms with Gasteiger partial charge in [0.15, 0.2) is 0 Å². The van der Waals surface area contributed by atoms with Crippen LogP contribution in [0.15, 0.2) is 97.1 Å². The number of para-hydroxylation sites is 4. The second-order valence-electron chi connectivity index (χ2n) is 9.29. The number of hydrogen-bond acceptors (Lipinski definition) is 2. The molecule has 0 spiro atoms. The molecule has 0 bridgehead atoms. The highest BCUT2D eigenvalue weighted by Gasteiger charge is 2.57. The summed E-state index contributed by atoms with van der Waals surface area (Å²) in [5, 5.41) is 0. The van der Waals surface area contributed by atoms with Crippen LogP contribution in [0.5, 0.6) is 0 Å². The van der Waals surface area contributed by atoms with Crippen molar-refractivity contribution in [3.05, 3.63) is 119 Å².